The van der Waals surface area contributed by atoms with Crippen LogP contribution in [0.4, 0.5) is 10.2 Å². The van der Waals surface area contributed by atoms with E-state index >= 15 is 4.39 Å². The van der Waals surface area contributed by atoms with Gasteiger partial charge in [0.15, 0.2) is 30.1 Å². The SMILES string of the molecule is CO[C@@H]1[C@H](CC(=O)NC[C@H]2O[C@@H](n3ccc(=O)[nH]c3=O)[C@H](F)[C@@H]2OP(=O)(O)OC(C)C)[C@@H](COC(C)C)O[C@H]1n1cnc2c(N)ncnc21. The van der Waals surface area contributed by atoms with Gasteiger partial charge in [-0.2, -0.15) is 0 Å². The molecule has 0 aromatic carbocycles. The van der Waals surface area contributed by atoms with Crippen molar-refractivity contribution in [1.82, 2.24) is 34.4 Å². The molecule has 49 heavy (non-hydrogen) atoms. The number of aromatic nitrogens is 6. The van der Waals surface area contributed by atoms with Gasteiger partial charge >= 0.3 is 13.5 Å². The van der Waals surface area contributed by atoms with E-state index in [0.29, 0.717) is 11.2 Å². The maximum atomic E-state index is 15.8. The molecular formula is C28H40FN8O11P. The van der Waals surface area contributed by atoms with Gasteiger partial charge in [0.05, 0.1) is 31.2 Å². The second-order valence-corrected chi connectivity index (χ2v) is 13.5. The third-order valence-electron chi connectivity index (χ3n) is 7.93. The van der Waals surface area contributed by atoms with Gasteiger partial charge in [-0.3, -0.25) is 32.8 Å². The van der Waals surface area contributed by atoms with E-state index in [1.807, 2.05) is 18.8 Å². The summed E-state index contributed by atoms with van der Waals surface area (Å²) in [6.45, 7) is 6.40. The van der Waals surface area contributed by atoms with Gasteiger partial charge in [0.2, 0.25) is 5.91 Å². The molecule has 270 valence electrons. The molecule has 2 saturated heterocycles. The maximum Gasteiger partial charge on any atom is 0.472 e. The fourth-order valence-electron chi connectivity index (χ4n) is 5.83. The summed E-state index contributed by atoms with van der Waals surface area (Å²) in [4.78, 5) is 62.3. The number of nitrogen functional groups attached to an aromatic ring is 1. The third kappa shape index (κ3) is 8.24. The summed E-state index contributed by atoms with van der Waals surface area (Å²) < 4.78 is 64.8. The molecule has 0 radical (unpaired) electrons. The largest absolute Gasteiger partial charge is 0.472 e. The van der Waals surface area contributed by atoms with E-state index in [1.165, 1.54) is 33.6 Å². The minimum absolute atomic E-state index is 0.123. The molecule has 2 fully saturated rings. The molecule has 5 heterocycles. The van der Waals surface area contributed by atoms with Crippen molar-refractivity contribution >= 4 is 30.7 Å². The van der Waals surface area contributed by atoms with Crippen LogP contribution in [0.5, 0.6) is 0 Å². The molecule has 0 bridgehead atoms. The van der Waals surface area contributed by atoms with Crippen molar-refractivity contribution in [2.24, 2.45) is 5.92 Å². The Morgan fingerprint density at radius 3 is 2.53 bits per heavy atom. The number of rotatable bonds is 14. The zero-order valence-electron chi connectivity index (χ0n) is 27.4. The first kappa shape index (κ1) is 36.7. The summed E-state index contributed by atoms with van der Waals surface area (Å²) in [7, 11) is -3.35. The summed E-state index contributed by atoms with van der Waals surface area (Å²) in [5.74, 6) is -0.916. The van der Waals surface area contributed by atoms with Crippen LogP contribution in [0.3, 0.4) is 0 Å². The first-order valence-corrected chi connectivity index (χ1v) is 17.0. The van der Waals surface area contributed by atoms with Gasteiger partial charge in [0.25, 0.3) is 5.56 Å². The van der Waals surface area contributed by atoms with Crippen LogP contribution in [-0.4, -0.2) is 103 Å². The number of hydrogen-bond donors (Lipinski definition) is 4. The molecule has 19 nitrogen and oxygen atoms in total. The number of carbonyl (C=O) groups excluding carboxylic acids is 1. The van der Waals surface area contributed by atoms with Crippen LogP contribution in [0, 0.1) is 5.92 Å². The predicted molar refractivity (Wildman–Crippen MR) is 168 cm³/mol. The van der Waals surface area contributed by atoms with Crippen molar-refractivity contribution in [2.45, 2.75) is 89.4 Å². The topological polar surface area (TPSA) is 246 Å². The second kappa shape index (κ2) is 15.1. The lowest BCUT2D eigenvalue weighted by Gasteiger charge is -2.25. The summed E-state index contributed by atoms with van der Waals surface area (Å²) in [6, 6.07) is 0.984. The molecule has 3 aromatic heterocycles. The number of nitrogens with two attached hydrogens (primary N) is 1. The summed E-state index contributed by atoms with van der Waals surface area (Å²) in [6.07, 6.45) is -6.33. The summed E-state index contributed by atoms with van der Waals surface area (Å²) in [5.41, 5.74) is 5.03. The highest BCUT2D eigenvalue weighted by atomic mass is 31.2. The molecule has 0 spiro atoms. The molecule has 3 aromatic rings. The molecule has 9 atom stereocenters. The summed E-state index contributed by atoms with van der Waals surface area (Å²) in [5, 5.41) is 2.66. The molecule has 2 aliphatic heterocycles. The zero-order chi connectivity index (χ0) is 35.6. The van der Waals surface area contributed by atoms with Gasteiger partial charge in [-0.15, -0.1) is 0 Å². The number of phosphoric acid groups is 1. The third-order valence-corrected chi connectivity index (χ3v) is 9.13. The smallest absolute Gasteiger partial charge is 0.382 e. The number of ether oxygens (including phenoxy) is 4. The standard InChI is InChI=1S/C28H40FN8O11P/c1-13(2)44-10-17-15(22(43-5)27(46-17)37-12-34-21-24(30)32-11-33-25(21)37)8-19(39)31-9-16-23(48-49(41,42)47-14(3)4)20(29)26(45-16)36-7-6-18(38)35-28(36)40/h6-7,11-17,20,22-23,26-27H,8-10H2,1-5H3,(H,31,39)(H,41,42)(H2,30,32,33)(H,35,38,40)/t15-,16-,17-,20-,22-,23-,26-,27-/m1/s1. The highest BCUT2D eigenvalue weighted by Gasteiger charge is 2.51. The average molecular weight is 715 g/mol. The Balaban J connectivity index is 1.35. The molecular weight excluding hydrogens is 674 g/mol. The van der Waals surface area contributed by atoms with Crippen LogP contribution in [0.1, 0.15) is 46.6 Å². The minimum Gasteiger partial charge on any atom is -0.382 e. The monoisotopic (exact) mass is 714 g/mol. The molecule has 21 heteroatoms. The van der Waals surface area contributed by atoms with E-state index in [4.69, 9.17) is 33.7 Å². The van der Waals surface area contributed by atoms with E-state index in [1.54, 1.807) is 4.57 Å². The van der Waals surface area contributed by atoms with Crippen LogP contribution in [0.2, 0.25) is 0 Å². The second-order valence-electron chi connectivity index (χ2n) is 12.1. The van der Waals surface area contributed by atoms with E-state index in [0.717, 1.165) is 16.8 Å². The number of methoxy groups -OCH3 is 1. The number of amides is 1. The van der Waals surface area contributed by atoms with Crippen LogP contribution < -0.4 is 22.3 Å². The molecule has 1 amide bonds. The highest BCUT2D eigenvalue weighted by Crippen LogP contribution is 2.49. The number of nitrogens with one attached hydrogen (secondary N) is 2. The van der Waals surface area contributed by atoms with Crippen molar-refractivity contribution in [3.8, 4) is 0 Å². The quantitative estimate of drug-likeness (QED) is 0.167. The molecule has 0 saturated carbocycles. The fraction of sp³-hybridized carbons (Fsp3) is 0.643. The lowest BCUT2D eigenvalue weighted by molar-refractivity contribution is -0.124. The number of halogens is 1. The van der Waals surface area contributed by atoms with E-state index < -0.39 is 86.6 Å². The predicted octanol–water partition coefficient (Wildman–Crippen LogP) is 0.565. The normalized spacial score (nSPS) is 28.4. The summed E-state index contributed by atoms with van der Waals surface area (Å²) >= 11 is 0. The Hall–Kier alpha value is -3.62. The Morgan fingerprint density at radius 1 is 1.12 bits per heavy atom. The van der Waals surface area contributed by atoms with Crippen LogP contribution in [0.15, 0.2) is 34.5 Å². The maximum absolute atomic E-state index is 15.8. The van der Waals surface area contributed by atoms with E-state index in [9.17, 15) is 23.8 Å². The number of imidazole rings is 1. The Labute approximate surface area is 278 Å². The Morgan fingerprint density at radius 2 is 1.86 bits per heavy atom. The van der Waals surface area contributed by atoms with Gasteiger partial charge < -0.3 is 34.9 Å². The van der Waals surface area contributed by atoms with Gasteiger partial charge in [-0.1, -0.05) is 0 Å². The van der Waals surface area contributed by atoms with Crippen LogP contribution in [0.25, 0.3) is 11.2 Å². The van der Waals surface area contributed by atoms with Crippen molar-refractivity contribution in [3.05, 3.63) is 45.8 Å². The van der Waals surface area contributed by atoms with Crippen molar-refractivity contribution in [1.29, 1.82) is 0 Å². The van der Waals surface area contributed by atoms with Gasteiger partial charge in [0.1, 0.15) is 30.2 Å². The van der Waals surface area contributed by atoms with Gasteiger partial charge in [-0.05, 0) is 27.7 Å². The number of alkyl halides is 1. The number of fused-ring (bicyclic) bond motifs is 1. The van der Waals surface area contributed by atoms with Crippen LogP contribution in [-0.2, 0) is 37.4 Å². The minimum atomic E-state index is -4.82. The molecule has 5 rings (SSSR count). The number of carbonyl (C=O) groups is 1. The Kier molecular flexibility index (Phi) is 11.3. The van der Waals surface area contributed by atoms with E-state index in [2.05, 4.69) is 20.3 Å². The first-order chi connectivity index (χ1) is 23.2. The zero-order valence-corrected chi connectivity index (χ0v) is 28.3. The van der Waals surface area contributed by atoms with Crippen molar-refractivity contribution in [3.63, 3.8) is 0 Å². The van der Waals surface area contributed by atoms with Crippen LogP contribution >= 0.6 is 7.82 Å². The first-order valence-electron chi connectivity index (χ1n) is 15.5. The lowest BCUT2D eigenvalue weighted by Crippen LogP contribution is -2.42. The number of aromatic amines is 1. The number of hydrogen-bond acceptors (Lipinski definition) is 14. The molecule has 5 N–H and O–H groups in total. The molecule has 2 aliphatic rings. The average Bonchev–Trinajstić information content (AvgIpc) is 3.68. The number of H-pyrrole nitrogens is 1. The number of anilines is 1. The lowest BCUT2D eigenvalue weighted by atomic mass is 9.93. The fourth-order valence-corrected chi connectivity index (χ4v) is 6.97. The number of phosphoric ester groups is 1. The Bertz CT molecular complexity index is 1790. The highest BCUT2D eigenvalue weighted by molar-refractivity contribution is 7.47. The van der Waals surface area contributed by atoms with E-state index in [-0.39, 0.29) is 24.9 Å². The van der Waals surface area contributed by atoms with Gasteiger partial charge in [-0.25, -0.2) is 28.7 Å². The van der Waals surface area contributed by atoms with Gasteiger partial charge in [0, 0.05) is 38.3 Å². The number of nitrogens with zero attached hydrogens (tertiary/aromatic N) is 5. The van der Waals surface area contributed by atoms with Crippen molar-refractivity contribution < 1.29 is 46.6 Å². The van der Waals surface area contributed by atoms with Crippen molar-refractivity contribution in [2.75, 3.05) is 26.0 Å². The molecule has 1 unspecified atom stereocenters. The molecule has 0 aliphatic carbocycles.